The number of hydrogen-bond acceptors (Lipinski definition) is 4. The minimum atomic E-state index is -0.772. The van der Waals surface area contributed by atoms with Crippen LogP contribution in [0.3, 0.4) is 0 Å². The van der Waals surface area contributed by atoms with Gasteiger partial charge in [0.15, 0.2) is 0 Å². The second kappa shape index (κ2) is 9.35. The quantitative estimate of drug-likeness (QED) is 0.192. The average Bonchev–Trinajstić information content (AvgIpc) is 2.83. The second-order valence-corrected chi connectivity index (χ2v) is 7.95. The molecular formula is C27H24ClN3O. The van der Waals surface area contributed by atoms with Crippen LogP contribution in [0.4, 0.5) is 5.69 Å². The molecule has 0 aliphatic carbocycles. The number of halogens is 1. The molecule has 3 N–H and O–H groups in total. The van der Waals surface area contributed by atoms with E-state index >= 15 is 0 Å². The van der Waals surface area contributed by atoms with Crippen molar-refractivity contribution in [2.45, 2.75) is 12.5 Å². The van der Waals surface area contributed by atoms with E-state index in [0.29, 0.717) is 22.1 Å². The van der Waals surface area contributed by atoms with Crippen molar-refractivity contribution in [3.63, 3.8) is 0 Å². The predicted octanol–water partition coefficient (Wildman–Crippen LogP) is 5.81. The van der Waals surface area contributed by atoms with Gasteiger partial charge >= 0.3 is 0 Å². The molecule has 32 heavy (non-hydrogen) atoms. The summed E-state index contributed by atoms with van der Waals surface area (Å²) in [5.74, 6) is 0. The van der Waals surface area contributed by atoms with Crippen LogP contribution in [-0.4, -0.2) is 22.4 Å². The molecule has 0 bridgehead atoms. The van der Waals surface area contributed by atoms with Gasteiger partial charge in [0, 0.05) is 11.3 Å². The molecule has 3 aromatic carbocycles. The molecule has 0 aliphatic heterocycles. The predicted molar refractivity (Wildman–Crippen MR) is 131 cm³/mol. The monoisotopic (exact) mass is 441 g/mol. The van der Waals surface area contributed by atoms with E-state index in [1.807, 2.05) is 54.6 Å². The highest BCUT2D eigenvalue weighted by molar-refractivity contribution is 6.30. The highest BCUT2D eigenvalue weighted by Gasteiger charge is 2.37. The maximum Gasteiger partial charge on any atom is 0.131 e. The van der Waals surface area contributed by atoms with Crippen LogP contribution < -0.4 is 5.32 Å². The molecule has 1 heterocycles. The Bertz CT molecular complexity index is 1120. The lowest BCUT2D eigenvalue weighted by atomic mass is 9.76. The summed E-state index contributed by atoms with van der Waals surface area (Å²) < 4.78 is 0. The van der Waals surface area contributed by atoms with Gasteiger partial charge in [-0.2, -0.15) is 0 Å². The number of anilines is 1. The van der Waals surface area contributed by atoms with Gasteiger partial charge in [-0.3, -0.25) is 0 Å². The molecular weight excluding hydrogens is 418 g/mol. The van der Waals surface area contributed by atoms with Gasteiger partial charge in [0.2, 0.25) is 0 Å². The molecule has 0 fully saturated rings. The summed E-state index contributed by atoms with van der Waals surface area (Å²) in [4.78, 5) is 4.32. The average molecular weight is 442 g/mol. The number of nitrogens with zero attached hydrogens (tertiary/aromatic N) is 1. The van der Waals surface area contributed by atoms with Crippen molar-refractivity contribution in [2.75, 3.05) is 11.9 Å². The van der Waals surface area contributed by atoms with Gasteiger partial charge in [0.1, 0.15) is 10.7 Å². The number of pyridine rings is 1. The zero-order valence-corrected chi connectivity index (χ0v) is 18.5. The topological polar surface area (TPSA) is 69.0 Å². The normalized spacial score (nSPS) is 11.2. The highest BCUT2D eigenvalue weighted by atomic mass is 35.5. The first-order chi connectivity index (χ1) is 15.6. The van der Waals surface area contributed by atoms with E-state index < -0.39 is 12.1 Å². The molecule has 0 saturated heterocycles. The number of aryl methyl sites for hydroxylation is 1. The van der Waals surface area contributed by atoms with Crippen molar-refractivity contribution in [3.05, 3.63) is 130 Å². The number of aliphatic hydroxyl groups excluding tert-OH is 1. The maximum absolute atomic E-state index is 9.74. The Morgan fingerprint density at radius 2 is 1.31 bits per heavy atom. The highest BCUT2D eigenvalue weighted by Crippen LogP contribution is 2.41. The largest absolute Gasteiger partial charge is 0.390 e. The van der Waals surface area contributed by atoms with Crippen LogP contribution >= 0.6 is 11.6 Å². The molecule has 160 valence electrons. The van der Waals surface area contributed by atoms with Crippen molar-refractivity contribution in [1.82, 2.24) is 4.98 Å². The third-order valence-electron chi connectivity index (χ3n) is 5.57. The first-order valence-electron chi connectivity index (χ1n) is 10.4. The Morgan fingerprint density at radius 3 is 1.72 bits per heavy atom. The summed E-state index contributed by atoms with van der Waals surface area (Å²) in [6.45, 7) is 1.40. The lowest BCUT2D eigenvalue weighted by Gasteiger charge is -2.38. The smallest absolute Gasteiger partial charge is 0.131 e. The summed E-state index contributed by atoms with van der Waals surface area (Å²) in [6, 6.07) is 32.3. The molecule has 0 amide bonds. The molecule has 0 saturated carbocycles. The summed E-state index contributed by atoms with van der Waals surface area (Å²) in [5.41, 5.74) is 4.17. The van der Waals surface area contributed by atoms with Gasteiger partial charge in [0.25, 0.3) is 0 Å². The molecule has 0 spiro atoms. The molecule has 0 radical (unpaired) electrons. The van der Waals surface area contributed by atoms with Crippen LogP contribution in [-0.2, 0) is 5.54 Å². The number of rotatable bonds is 7. The zero-order valence-electron chi connectivity index (χ0n) is 17.7. The lowest BCUT2D eigenvalue weighted by Crippen LogP contribution is -2.38. The van der Waals surface area contributed by atoms with Crippen LogP contribution in [0.2, 0.25) is 5.15 Å². The van der Waals surface area contributed by atoms with Crippen molar-refractivity contribution in [2.24, 2.45) is 0 Å². The van der Waals surface area contributed by atoms with E-state index in [4.69, 9.17) is 17.0 Å². The molecule has 5 heteroatoms. The summed E-state index contributed by atoms with van der Waals surface area (Å²) >= 11 is 6.35. The van der Waals surface area contributed by atoms with Crippen LogP contribution in [0.1, 0.15) is 27.9 Å². The van der Waals surface area contributed by atoms with Crippen LogP contribution in [0, 0.1) is 12.3 Å². The van der Waals surface area contributed by atoms with Gasteiger partial charge in [-0.1, -0.05) is 103 Å². The summed E-state index contributed by atoms with van der Waals surface area (Å²) in [6.07, 6.45) is 0. The Kier molecular flexibility index (Phi) is 6.35. The fraction of sp³-hybridized carbons (Fsp3) is 0.111. The molecule has 4 nitrogen and oxygen atoms in total. The van der Waals surface area contributed by atoms with E-state index in [2.05, 4.69) is 46.7 Å². The molecule has 0 unspecified atom stereocenters. The van der Waals surface area contributed by atoms with Crippen LogP contribution in [0.5, 0.6) is 0 Å². The van der Waals surface area contributed by atoms with Crippen molar-refractivity contribution in [1.29, 1.82) is 5.41 Å². The lowest BCUT2D eigenvalue weighted by molar-refractivity contribution is 0.357. The fourth-order valence-corrected chi connectivity index (χ4v) is 4.41. The molecule has 0 aliphatic rings. The Labute approximate surface area is 193 Å². The van der Waals surface area contributed by atoms with Gasteiger partial charge in [-0.05, 0) is 29.7 Å². The fourth-order valence-electron chi connectivity index (χ4n) is 4.18. The molecule has 4 aromatic rings. The van der Waals surface area contributed by atoms with Gasteiger partial charge in [0.05, 0.1) is 18.0 Å². The third kappa shape index (κ3) is 4.03. The van der Waals surface area contributed by atoms with Crippen molar-refractivity contribution in [3.8, 4) is 0 Å². The van der Waals surface area contributed by atoms with E-state index in [1.54, 1.807) is 13.0 Å². The third-order valence-corrected chi connectivity index (χ3v) is 5.77. The first kappa shape index (κ1) is 21.8. The number of benzene rings is 3. The second-order valence-electron chi connectivity index (χ2n) is 7.56. The summed E-state index contributed by atoms with van der Waals surface area (Å²) in [7, 11) is 0. The summed E-state index contributed by atoms with van der Waals surface area (Å²) in [5, 5.41) is 22.2. The van der Waals surface area contributed by atoms with Crippen molar-refractivity contribution >= 4 is 23.0 Å². The number of nitrogens with one attached hydrogen (secondary N) is 2. The molecule has 4 rings (SSSR count). The van der Waals surface area contributed by atoms with Crippen molar-refractivity contribution < 1.29 is 5.11 Å². The van der Waals surface area contributed by atoms with Gasteiger partial charge in [-0.15, -0.1) is 0 Å². The maximum atomic E-state index is 9.74. The minimum absolute atomic E-state index is 0.0808. The van der Waals surface area contributed by atoms with Gasteiger partial charge in [-0.25, -0.2) is 4.98 Å². The zero-order chi connectivity index (χ0) is 22.6. The Hall–Kier alpha value is -3.47. The van der Waals surface area contributed by atoms with Crippen LogP contribution in [0.25, 0.3) is 0 Å². The Balaban J connectivity index is 2.05. The first-order valence-corrected chi connectivity index (χ1v) is 10.7. The number of hydrogen-bond donors (Lipinski definition) is 3. The van der Waals surface area contributed by atoms with E-state index in [0.717, 1.165) is 16.7 Å². The Morgan fingerprint density at radius 1 is 0.875 bits per heavy atom. The van der Waals surface area contributed by atoms with E-state index in [1.165, 1.54) is 0 Å². The SMILES string of the molecule is Cc1nc(Cl)cc(NC(c2ccccc2)(c2ccccc2)c2ccccc2)c1C(=N)CO. The molecule has 1 aromatic heterocycles. The van der Waals surface area contributed by atoms with E-state index in [-0.39, 0.29) is 5.71 Å². The minimum Gasteiger partial charge on any atom is -0.390 e. The van der Waals surface area contributed by atoms with Crippen LogP contribution in [0.15, 0.2) is 97.1 Å². The number of aromatic nitrogens is 1. The van der Waals surface area contributed by atoms with E-state index in [9.17, 15) is 5.11 Å². The standard InChI is InChI=1S/C27H24ClN3O/c1-19-26(23(29)18-32)24(17-25(28)30-19)31-27(20-11-5-2-6-12-20,21-13-7-3-8-14-21)22-15-9-4-10-16-22/h2-17,29,32H,18H2,1H3,(H,30,31). The number of aliphatic hydroxyl groups is 1. The van der Waals surface area contributed by atoms with Gasteiger partial charge < -0.3 is 15.8 Å². The molecule has 0 atom stereocenters.